The first-order chi connectivity index (χ1) is 16.6. The van der Waals surface area contributed by atoms with Crippen molar-refractivity contribution in [1.82, 2.24) is 5.32 Å². The minimum absolute atomic E-state index is 0.0106. The van der Waals surface area contributed by atoms with Gasteiger partial charge in [-0.3, -0.25) is 4.79 Å². The molecule has 0 aliphatic rings. The fraction of sp³-hybridized carbons (Fsp3) is 0.240. The van der Waals surface area contributed by atoms with E-state index >= 15 is 0 Å². The minimum atomic E-state index is -3.98. The number of hydrogen-bond acceptors (Lipinski definition) is 5. The van der Waals surface area contributed by atoms with Crippen LogP contribution in [0.5, 0.6) is 5.75 Å². The highest BCUT2D eigenvalue weighted by atomic mass is 35.5. The predicted octanol–water partition coefficient (Wildman–Crippen LogP) is 5.05. The molecule has 0 aliphatic carbocycles. The lowest BCUT2D eigenvalue weighted by atomic mass is 10.0. The molecule has 0 aliphatic heterocycles. The Balaban J connectivity index is 0.000000328. The fourth-order valence-corrected chi connectivity index (χ4v) is 5.55. The Labute approximate surface area is 208 Å². The number of aromatic hydroxyl groups is 1. The Morgan fingerprint density at radius 1 is 1.06 bits per heavy atom. The van der Waals surface area contributed by atoms with Gasteiger partial charge in [0.05, 0.1) is 16.8 Å². The average molecular weight is 526 g/mol. The minimum Gasteiger partial charge on any atom is -0.508 e. The van der Waals surface area contributed by atoms with Gasteiger partial charge in [0, 0.05) is 30.2 Å². The standard InChI is InChI=1S/C17H17ClF2O3S.C8H9NO2/c1-11(10-23-2)17(15-9-13(19)5-8-16(15)20)24(21,22)14-6-3-12(18)4-7-14;10-6-9-5-7-1-3-8(11)4-2-7/h3-9,11,17H,10H2,1-2H3;1-4,6,11H,5H2,(H,9,10). The van der Waals surface area contributed by atoms with E-state index in [2.05, 4.69) is 5.32 Å². The van der Waals surface area contributed by atoms with Gasteiger partial charge in [0.1, 0.15) is 17.4 Å². The molecule has 0 saturated carbocycles. The summed E-state index contributed by atoms with van der Waals surface area (Å²) in [4.78, 5) is 9.87. The molecule has 35 heavy (non-hydrogen) atoms. The molecule has 0 bridgehead atoms. The van der Waals surface area contributed by atoms with Crippen molar-refractivity contribution in [2.45, 2.75) is 23.6 Å². The first kappa shape index (κ1) is 28.2. The number of nitrogens with one attached hydrogen (secondary N) is 1. The number of benzene rings is 3. The quantitative estimate of drug-likeness (QED) is 0.381. The lowest BCUT2D eigenvalue weighted by Gasteiger charge is -2.24. The number of amides is 1. The molecule has 0 fully saturated rings. The molecular weight excluding hydrogens is 500 g/mol. The van der Waals surface area contributed by atoms with Gasteiger partial charge in [-0.15, -0.1) is 0 Å². The number of hydrogen-bond donors (Lipinski definition) is 2. The summed E-state index contributed by atoms with van der Waals surface area (Å²) in [6, 6.07) is 15.0. The van der Waals surface area contributed by atoms with E-state index in [1.807, 2.05) is 0 Å². The van der Waals surface area contributed by atoms with Crippen LogP contribution in [0.15, 0.2) is 71.6 Å². The Hall–Kier alpha value is -3.01. The average Bonchev–Trinajstić information content (AvgIpc) is 2.82. The van der Waals surface area contributed by atoms with Gasteiger partial charge in [0.2, 0.25) is 6.41 Å². The van der Waals surface area contributed by atoms with Gasteiger partial charge in [-0.05, 0) is 60.2 Å². The zero-order chi connectivity index (χ0) is 26.0. The lowest BCUT2D eigenvalue weighted by molar-refractivity contribution is -0.109. The topological polar surface area (TPSA) is 92.7 Å². The number of carbonyl (C=O) groups is 1. The van der Waals surface area contributed by atoms with Crippen LogP contribution in [0.3, 0.4) is 0 Å². The molecule has 0 spiro atoms. The number of phenols is 1. The highest BCUT2D eigenvalue weighted by Gasteiger charge is 2.36. The number of phenolic OH excluding ortho intramolecular Hbond substituents is 1. The van der Waals surface area contributed by atoms with Crippen LogP contribution in [0, 0.1) is 17.6 Å². The van der Waals surface area contributed by atoms with Crippen LogP contribution in [0.2, 0.25) is 5.02 Å². The van der Waals surface area contributed by atoms with Crippen molar-refractivity contribution in [1.29, 1.82) is 0 Å². The first-order valence-corrected chi connectivity index (χ1v) is 12.4. The van der Waals surface area contributed by atoms with Crippen LogP contribution in [0.1, 0.15) is 23.3 Å². The Bertz CT molecular complexity index is 1210. The number of halogens is 3. The van der Waals surface area contributed by atoms with E-state index in [1.165, 1.54) is 31.4 Å². The van der Waals surface area contributed by atoms with Gasteiger partial charge in [0.15, 0.2) is 9.84 Å². The molecule has 1 amide bonds. The smallest absolute Gasteiger partial charge is 0.207 e. The van der Waals surface area contributed by atoms with Crippen LogP contribution in [-0.4, -0.2) is 33.7 Å². The summed E-state index contributed by atoms with van der Waals surface area (Å²) < 4.78 is 58.9. The van der Waals surface area contributed by atoms with Gasteiger partial charge in [-0.25, -0.2) is 17.2 Å². The predicted molar refractivity (Wildman–Crippen MR) is 130 cm³/mol. The highest BCUT2D eigenvalue weighted by Crippen LogP contribution is 2.37. The van der Waals surface area contributed by atoms with E-state index in [0.29, 0.717) is 18.0 Å². The lowest BCUT2D eigenvalue weighted by Crippen LogP contribution is -2.25. The fourth-order valence-electron chi connectivity index (χ4n) is 3.41. The van der Waals surface area contributed by atoms with Gasteiger partial charge < -0.3 is 15.2 Å². The molecule has 3 aromatic carbocycles. The molecule has 3 aromatic rings. The van der Waals surface area contributed by atoms with Gasteiger partial charge in [-0.1, -0.05) is 30.7 Å². The SMILES string of the molecule is COCC(C)C(c1cc(F)ccc1F)S(=O)(=O)c1ccc(Cl)cc1.O=CNCc1ccc(O)cc1. The summed E-state index contributed by atoms with van der Waals surface area (Å²) in [5.74, 6) is -1.83. The van der Waals surface area contributed by atoms with Crippen LogP contribution < -0.4 is 5.32 Å². The van der Waals surface area contributed by atoms with E-state index in [4.69, 9.17) is 21.4 Å². The molecule has 2 atom stereocenters. The monoisotopic (exact) mass is 525 g/mol. The highest BCUT2D eigenvalue weighted by molar-refractivity contribution is 7.91. The molecule has 2 unspecified atom stereocenters. The molecule has 188 valence electrons. The van der Waals surface area contributed by atoms with E-state index < -0.39 is 32.6 Å². The van der Waals surface area contributed by atoms with E-state index in [1.54, 1.807) is 31.2 Å². The van der Waals surface area contributed by atoms with Gasteiger partial charge in [0.25, 0.3) is 0 Å². The molecule has 10 heteroatoms. The summed E-state index contributed by atoms with van der Waals surface area (Å²) in [7, 11) is -2.56. The number of ether oxygens (including phenoxy) is 1. The zero-order valence-electron chi connectivity index (χ0n) is 19.1. The molecule has 0 heterocycles. The van der Waals surface area contributed by atoms with Crippen molar-refractivity contribution in [3.8, 4) is 5.75 Å². The van der Waals surface area contributed by atoms with Crippen molar-refractivity contribution in [3.63, 3.8) is 0 Å². The Kier molecular flexibility index (Phi) is 10.6. The second-order valence-corrected chi connectivity index (χ2v) is 10.2. The summed E-state index contributed by atoms with van der Waals surface area (Å²) >= 11 is 5.79. The Morgan fingerprint density at radius 2 is 1.69 bits per heavy atom. The molecule has 0 aromatic heterocycles. The molecular formula is C25H26ClF2NO5S. The molecule has 3 rings (SSSR count). The second kappa shape index (κ2) is 13.2. The summed E-state index contributed by atoms with van der Waals surface area (Å²) in [6.07, 6.45) is 0.646. The molecule has 2 N–H and O–H groups in total. The number of methoxy groups -OCH3 is 1. The maximum atomic E-state index is 14.2. The van der Waals surface area contributed by atoms with Crippen LogP contribution in [0.4, 0.5) is 8.78 Å². The zero-order valence-corrected chi connectivity index (χ0v) is 20.7. The third-order valence-corrected chi connectivity index (χ3v) is 7.58. The van der Waals surface area contributed by atoms with E-state index in [9.17, 15) is 22.0 Å². The summed E-state index contributed by atoms with van der Waals surface area (Å²) in [5, 5.41) is 10.5. The van der Waals surface area contributed by atoms with Crippen LogP contribution >= 0.6 is 11.6 Å². The Morgan fingerprint density at radius 3 is 2.26 bits per heavy atom. The number of sulfone groups is 1. The number of rotatable bonds is 9. The normalized spacial score (nSPS) is 12.7. The second-order valence-electron chi connectivity index (χ2n) is 7.68. The van der Waals surface area contributed by atoms with Gasteiger partial charge in [-0.2, -0.15) is 0 Å². The number of carbonyl (C=O) groups excluding carboxylic acids is 1. The van der Waals surface area contributed by atoms with E-state index in [0.717, 1.165) is 23.8 Å². The third kappa shape index (κ3) is 8.02. The molecule has 6 nitrogen and oxygen atoms in total. The third-order valence-electron chi connectivity index (χ3n) is 5.01. The first-order valence-electron chi connectivity index (χ1n) is 10.5. The van der Waals surface area contributed by atoms with Gasteiger partial charge >= 0.3 is 0 Å². The van der Waals surface area contributed by atoms with Crippen LogP contribution in [0.25, 0.3) is 0 Å². The maximum Gasteiger partial charge on any atom is 0.207 e. The molecule has 0 saturated heterocycles. The van der Waals surface area contributed by atoms with Crippen molar-refractivity contribution >= 4 is 27.8 Å². The van der Waals surface area contributed by atoms with Crippen molar-refractivity contribution < 1.29 is 31.8 Å². The van der Waals surface area contributed by atoms with Crippen molar-refractivity contribution in [2.24, 2.45) is 5.92 Å². The molecule has 0 radical (unpaired) electrons. The summed E-state index contributed by atoms with van der Waals surface area (Å²) in [5.41, 5.74) is 0.754. The van der Waals surface area contributed by atoms with Crippen LogP contribution in [-0.2, 0) is 25.9 Å². The van der Waals surface area contributed by atoms with Crippen molar-refractivity contribution in [2.75, 3.05) is 13.7 Å². The van der Waals surface area contributed by atoms with Crippen molar-refractivity contribution in [3.05, 3.63) is 94.5 Å². The maximum absolute atomic E-state index is 14.2. The summed E-state index contributed by atoms with van der Waals surface area (Å²) in [6.45, 7) is 2.20. The largest absolute Gasteiger partial charge is 0.508 e. The van der Waals surface area contributed by atoms with E-state index in [-0.39, 0.29) is 22.8 Å².